The molecule has 0 N–H and O–H groups in total. The molecular weight excluding hydrogens is 410 g/mol. The number of ether oxygens (including phenoxy) is 1. The molecule has 0 aliphatic carbocycles. The largest absolute Gasteiger partial charge is 0.444 e. The first-order chi connectivity index (χ1) is 12.5. The predicted molar refractivity (Wildman–Crippen MR) is 104 cm³/mol. The van der Waals surface area contributed by atoms with Gasteiger partial charge in [0.1, 0.15) is 5.60 Å². The molecule has 1 spiro atoms. The molecule has 4 rings (SSSR count). The Balaban J connectivity index is 1.41. The molecule has 146 valence electrons. The molecule has 3 heterocycles. The highest BCUT2D eigenvalue weighted by molar-refractivity contribution is 7.89. The lowest BCUT2D eigenvalue weighted by Crippen LogP contribution is -2.73. The summed E-state index contributed by atoms with van der Waals surface area (Å²) in [7, 11) is -3.56. The third-order valence-corrected chi connectivity index (χ3v) is 7.61. The molecule has 0 bridgehead atoms. The molecule has 0 unspecified atom stereocenters. The van der Waals surface area contributed by atoms with Crippen molar-refractivity contribution in [2.45, 2.75) is 31.3 Å². The zero-order valence-corrected chi connectivity index (χ0v) is 17.6. The van der Waals surface area contributed by atoms with Gasteiger partial charge in [-0.15, -0.1) is 11.3 Å². The van der Waals surface area contributed by atoms with Gasteiger partial charge >= 0.3 is 6.09 Å². The van der Waals surface area contributed by atoms with Gasteiger partial charge in [0.15, 0.2) is 4.47 Å². The fraction of sp³-hybridized carbons (Fsp3) is 0.529. The second-order valence-electron chi connectivity index (χ2n) is 8.21. The van der Waals surface area contributed by atoms with E-state index in [9.17, 15) is 13.2 Å². The Morgan fingerprint density at radius 1 is 1.26 bits per heavy atom. The van der Waals surface area contributed by atoms with Crippen LogP contribution in [0.15, 0.2) is 23.1 Å². The number of amides is 1. The van der Waals surface area contributed by atoms with E-state index < -0.39 is 15.6 Å². The van der Waals surface area contributed by atoms with Gasteiger partial charge in [0.2, 0.25) is 10.0 Å². The van der Waals surface area contributed by atoms with Crippen LogP contribution in [0.5, 0.6) is 0 Å². The van der Waals surface area contributed by atoms with E-state index in [-0.39, 0.29) is 16.4 Å². The Hall–Kier alpha value is -1.42. The topological polar surface area (TPSA) is 79.8 Å². The number of fused-ring (bicyclic) bond motifs is 1. The number of nitrogens with zero attached hydrogens (tertiary/aromatic N) is 3. The second-order valence-corrected chi connectivity index (χ2v) is 11.8. The molecule has 10 heteroatoms. The zero-order valence-electron chi connectivity index (χ0n) is 15.2. The van der Waals surface area contributed by atoms with Crippen LogP contribution in [0.3, 0.4) is 0 Å². The molecule has 7 nitrogen and oxygen atoms in total. The maximum atomic E-state index is 12.9. The number of hydrogen-bond donors (Lipinski definition) is 0. The average molecular weight is 430 g/mol. The molecule has 0 atom stereocenters. The first-order valence-corrected chi connectivity index (χ1v) is 11.2. The van der Waals surface area contributed by atoms with E-state index in [1.165, 1.54) is 15.6 Å². The summed E-state index contributed by atoms with van der Waals surface area (Å²) in [4.78, 5) is 18.1. The normalized spacial score (nSPS) is 19.8. The smallest absolute Gasteiger partial charge is 0.410 e. The highest BCUT2D eigenvalue weighted by atomic mass is 35.5. The number of carbonyl (C=O) groups excluding carboxylic acids is 1. The van der Waals surface area contributed by atoms with Crippen LogP contribution < -0.4 is 0 Å². The van der Waals surface area contributed by atoms with Gasteiger partial charge in [-0.1, -0.05) is 11.6 Å². The summed E-state index contributed by atoms with van der Waals surface area (Å²) >= 11 is 7.16. The summed E-state index contributed by atoms with van der Waals surface area (Å²) in [5.74, 6) is 0. The number of benzene rings is 1. The third kappa shape index (κ3) is 3.41. The highest BCUT2D eigenvalue weighted by Gasteiger charge is 2.57. The number of rotatable bonds is 2. The number of thiazole rings is 1. The number of sulfonamides is 1. The molecule has 2 aliphatic rings. The van der Waals surface area contributed by atoms with E-state index >= 15 is 0 Å². The summed E-state index contributed by atoms with van der Waals surface area (Å²) in [6.07, 6.45) is -0.345. The van der Waals surface area contributed by atoms with Crippen molar-refractivity contribution in [2.75, 3.05) is 26.2 Å². The van der Waals surface area contributed by atoms with Crippen molar-refractivity contribution < 1.29 is 17.9 Å². The lowest BCUT2D eigenvalue weighted by molar-refractivity contribution is -0.0839. The van der Waals surface area contributed by atoms with E-state index in [1.54, 1.807) is 23.1 Å². The first-order valence-electron chi connectivity index (χ1n) is 8.52. The van der Waals surface area contributed by atoms with E-state index in [1.807, 2.05) is 20.8 Å². The lowest BCUT2D eigenvalue weighted by Gasteiger charge is -2.58. The minimum Gasteiger partial charge on any atom is -0.444 e. The summed E-state index contributed by atoms with van der Waals surface area (Å²) in [5.41, 5.74) is 0.00514. The van der Waals surface area contributed by atoms with Crippen molar-refractivity contribution in [3.63, 3.8) is 0 Å². The quantitative estimate of drug-likeness (QED) is 0.732. The first kappa shape index (κ1) is 18.9. The Bertz CT molecular complexity index is 1010. The number of halogens is 1. The van der Waals surface area contributed by atoms with Crippen molar-refractivity contribution in [3.05, 3.63) is 22.7 Å². The van der Waals surface area contributed by atoms with Gasteiger partial charge in [0, 0.05) is 31.6 Å². The number of likely N-dealkylation sites (tertiary alicyclic amines) is 1. The van der Waals surface area contributed by atoms with E-state index in [4.69, 9.17) is 16.3 Å². The Morgan fingerprint density at radius 3 is 2.56 bits per heavy atom. The van der Waals surface area contributed by atoms with Crippen LogP contribution in [-0.2, 0) is 14.8 Å². The molecule has 27 heavy (non-hydrogen) atoms. The fourth-order valence-electron chi connectivity index (χ4n) is 3.48. The van der Waals surface area contributed by atoms with Crippen LogP contribution in [0.2, 0.25) is 4.47 Å². The average Bonchev–Trinajstić information content (AvgIpc) is 2.81. The van der Waals surface area contributed by atoms with Crippen molar-refractivity contribution in [1.82, 2.24) is 14.2 Å². The van der Waals surface area contributed by atoms with Gasteiger partial charge < -0.3 is 9.64 Å². The Morgan fingerprint density at radius 2 is 1.93 bits per heavy atom. The van der Waals surface area contributed by atoms with E-state index in [0.29, 0.717) is 36.2 Å². The van der Waals surface area contributed by atoms with Crippen LogP contribution in [-0.4, -0.2) is 60.5 Å². The van der Waals surface area contributed by atoms with Gasteiger partial charge in [-0.3, -0.25) is 0 Å². The molecule has 0 saturated carbocycles. The number of aromatic nitrogens is 1. The summed E-state index contributed by atoms with van der Waals surface area (Å²) < 4.78 is 33.7. The van der Waals surface area contributed by atoms with Crippen molar-refractivity contribution in [2.24, 2.45) is 5.41 Å². The van der Waals surface area contributed by atoms with Crippen molar-refractivity contribution in [3.8, 4) is 0 Å². The van der Waals surface area contributed by atoms with Gasteiger partial charge in [0.05, 0.1) is 15.1 Å². The number of carbonyl (C=O) groups is 1. The minimum atomic E-state index is -3.56. The van der Waals surface area contributed by atoms with E-state index in [2.05, 4.69) is 4.98 Å². The molecule has 1 amide bonds. The monoisotopic (exact) mass is 429 g/mol. The zero-order chi connectivity index (χ0) is 19.6. The molecule has 1 aromatic heterocycles. The SMILES string of the molecule is CC(C)(C)OC(=O)N1CC2(C1)CN(S(=O)(=O)c1ccc3nc(Cl)sc3c1)C2. The molecular formula is C17H20ClN3O4S2. The summed E-state index contributed by atoms with van der Waals surface area (Å²) in [6, 6.07) is 4.85. The van der Waals surface area contributed by atoms with Crippen molar-refractivity contribution in [1.29, 1.82) is 0 Å². The van der Waals surface area contributed by atoms with Gasteiger partial charge in [-0.2, -0.15) is 4.31 Å². The standard InChI is InChI=1S/C17H20ClN3O4S2/c1-16(2,3)25-15(22)20-7-17(8-20)9-21(10-17)27(23,24)11-4-5-12-13(6-11)26-14(18)19-12/h4-6H,7-10H2,1-3H3. The van der Waals surface area contributed by atoms with E-state index in [0.717, 1.165) is 4.70 Å². The van der Waals surface area contributed by atoms with Crippen molar-refractivity contribution >= 4 is 49.3 Å². The highest BCUT2D eigenvalue weighted by Crippen LogP contribution is 2.43. The molecule has 0 radical (unpaired) electrons. The summed E-state index contributed by atoms with van der Waals surface area (Å²) in [5, 5.41) is 0. The van der Waals surface area contributed by atoms with Gasteiger partial charge in [-0.25, -0.2) is 18.2 Å². The Labute approximate surface area is 166 Å². The lowest BCUT2D eigenvalue weighted by atomic mass is 9.75. The maximum Gasteiger partial charge on any atom is 0.410 e. The number of hydrogen-bond acceptors (Lipinski definition) is 6. The van der Waals surface area contributed by atoms with Gasteiger partial charge in [-0.05, 0) is 39.0 Å². The Kier molecular flexibility index (Phi) is 4.23. The van der Waals surface area contributed by atoms with Gasteiger partial charge in [0.25, 0.3) is 0 Å². The molecule has 2 fully saturated rings. The molecule has 1 aromatic carbocycles. The van der Waals surface area contributed by atoms with Crippen LogP contribution in [0, 0.1) is 5.41 Å². The molecule has 2 saturated heterocycles. The molecule has 2 aliphatic heterocycles. The van der Waals surface area contributed by atoms with Crippen LogP contribution in [0.4, 0.5) is 4.79 Å². The molecule has 2 aromatic rings. The third-order valence-electron chi connectivity index (χ3n) is 4.70. The fourth-order valence-corrected chi connectivity index (χ4v) is 6.31. The van der Waals surface area contributed by atoms with Crippen LogP contribution >= 0.6 is 22.9 Å². The maximum absolute atomic E-state index is 12.9. The predicted octanol–water partition coefficient (Wildman–Crippen LogP) is 3.19. The second kappa shape index (κ2) is 6.04. The van der Waals surface area contributed by atoms with Crippen LogP contribution in [0.1, 0.15) is 20.8 Å². The minimum absolute atomic E-state index is 0.151. The van der Waals surface area contributed by atoms with Crippen LogP contribution in [0.25, 0.3) is 10.2 Å². The summed E-state index contributed by atoms with van der Waals surface area (Å²) in [6.45, 7) is 7.35.